The van der Waals surface area contributed by atoms with E-state index < -0.39 is 28.3 Å². The number of sulfonamides is 1. The average Bonchev–Trinajstić information content (AvgIpc) is 2.77. The minimum Gasteiger partial charge on any atom is -0.355 e. The van der Waals surface area contributed by atoms with Gasteiger partial charge >= 0.3 is 0 Å². The van der Waals surface area contributed by atoms with Crippen molar-refractivity contribution >= 4 is 33.2 Å². The number of benzene rings is 3. The monoisotopic (exact) mass is 460 g/mol. The van der Waals surface area contributed by atoms with Gasteiger partial charge in [-0.05, 0) is 66.9 Å². The molecule has 1 amide bonds. The van der Waals surface area contributed by atoms with E-state index in [0.29, 0.717) is 18.0 Å². The smallest absolute Gasteiger partial charge is 0.264 e. The minimum absolute atomic E-state index is 0.0508. The SMILES string of the molecule is O=C(CN(c1ccc(F)cc1)S(=O)(=O)c1ccccc1)NCCCc1ccc(Cl)cc1. The fraction of sp³-hybridized carbons (Fsp3) is 0.174. The van der Waals surface area contributed by atoms with Crippen molar-refractivity contribution in [2.75, 3.05) is 17.4 Å². The maximum atomic E-state index is 13.3. The van der Waals surface area contributed by atoms with E-state index in [1.807, 2.05) is 24.3 Å². The summed E-state index contributed by atoms with van der Waals surface area (Å²) in [5, 5.41) is 3.42. The molecule has 3 aromatic rings. The molecular formula is C23H22ClFN2O3S. The first-order valence-corrected chi connectivity index (χ1v) is 11.5. The Hall–Kier alpha value is -2.90. The molecule has 0 aliphatic heterocycles. The minimum atomic E-state index is -4.00. The summed E-state index contributed by atoms with van der Waals surface area (Å²) in [6.07, 6.45) is 1.44. The predicted octanol–water partition coefficient (Wildman–Crippen LogP) is 4.42. The lowest BCUT2D eigenvalue weighted by Crippen LogP contribution is -2.41. The Morgan fingerprint density at radius 3 is 2.23 bits per heavy atom. The summed E-state index contributed by atoms with van der Waals surface area (Å²) in [6.45, 7) is -0.0199. The second-order valence-electron chi connectivity index (χ2n) is 6.88. The molecule has 0 bridgehead atoms. The predicted molar refractivity (Wildman–Crippen MR) is 120 cm³/mol. The highest BCUT2D eigenvalue weighted by Gasteiger charge is 2.27. The van der Waals surface area contributed by atoms with Gasteiger partial charge < -0.3 is 5.32 Å². The van der Waals surface area contributed by atoms with Crippen LogP contribution in [0.5, 0.6) is 0 Å². The van der Waals surface area contributed by atoms with Crippen LogP contribution in [0.4, 0.5) is 10.1 Å². The summed E-state index contributed by atoms with van der Waals surface area (Å²) in [6, 6.07) is 20.3. The molecule has 5 nitrogen and oxygen atoms in total. The van der Waals surface area contributed by atoms with Crippen molar-refractivity contribution in [3.05, 3.63) is 95.3 Å². The van der Waals surface area contributed by atoms with E-state index in [0.717, 1.165) is 28.4 Å². The lowest BCUT2D eigenvalue weighted by atomic mass is 10.1. The highest BCUT2D eigenvalue weighted by atomic mass is 35.5. The summed E-state index contributed by atoms with van der Waals surface area (Å²) in [4.78, 5) is 12.6. The van der Waals surface area contributed by atoms with Gasteiger partial charge in [-0.3, -0.25) is 9.10 Å². The van der Waals surface area contributed by atoms with Gasteiger partial charge in [-0.25, -0.2) is 12.8 Å². The largest absolute Gasteiger partial charge is 0.355 e. The number of carbonyl (C=O) groups is 1. The summed E-state index contributed by atoms with van der Waals surface area (Å²) in [5.41, 5.74) is 1.31. The maximum absolute atomic E-state index is 13.3. The number of amides is 1. The number of nitrogens with one attached hydrogen (secondary N) is 1. The van der Waals surface area contributed by atoms with Crippen LogP contribution in [0.2, 0.25) is 5.02 Å². The number of hydrogen-bond acceptors (Lipinski definition) is 3. The van der Waals surface area contributed by atoms with Crippen molar-refractivity contribution in [1.29, 1.82) is 0 Å². The van der Waals surface area contributed by atoms with Gasteiger partial charge in [0.2, 0.25) is 5.91 Å². The van der Waals surface area contributed by atoms with E-state index in [2.05, 4.69) is 5.32 Å². The highest BCUT2D eigenvalue weighted by molar-refractivity contribution is 7.92. The van der Waals surface area contributed by atoms with E-state index in [1.54, 1.807) is 18.2 Å². The van der Waals surface area contributed by atoms with Gasteiger partial charge in [0.1, 0.15) is 12.4 Å². The van der Waals surface area contributed by atoms with Gasteiger partial charge in [0.25, 0.3) is 10.0 Å². The molecule has 1 N–H and O–H groups in total. The number of hydrogen-bond donors (Lipinski definition) is 1. The Kier molecular flexibility index (Phi) is 7.65. The summed E-state index contributed by atoms with van der Waals surface area (Å²) in [7, 11) is -4.00. The van der Waals surface area contributed by atoms with Crippen LogP contribution in [0.1, 0.15) is 12.0 Å². The Balaban J connectivity index is 1.67. The van der Waals surface area contributed by atoms with Crippen LogP contribution in [0.25, 0.3) is 0 Å². The van der Waals surface area contributed by atoms with Gasteiger partial charge in [0.15, 0.2) is 0 Å². The topological polar surface area (TPSA) is 66.5 Å². The summed E-state index contributed by atoms with van der Waals surface area (Å²) >= 11 is 5.87. The standard InChI is InChI=1S/C23H22ClFN2O3S/c24-19-10-8-18(9-11-19)5-4-16-26-23(28)17-27(21-14-12-20(25)13-15-21)31(29,30)22-6-2-1-3-7-22/h1-3,6-15H,4-5,16-17H2,(H,26,28). The third-order valence-corrected chi connectivity index (χ3v) is 6.65. The van der Waals surface area contributed by atoms with Gasteiger partial charge in [-0.2, -0.15) is 0 Å². The number of rotatable bonds is 9. The van der Waals surface area contributed by atoms with Gasteiger partial charge in [-0.1, -0.05) is 41.9 Å². The fourth-order valence-corrected chi connectivity index (χ4v) is 4.57. The number of anilines is 1. The van der Waals surface area contributed by atoms with Crippen LogP contribution >= 0.6 is 11.6 Å². The molecule has 0 atom stereocenters. The molecule has 0 unspecified atom stereocenters. The zero-order valence-electron chi connectivity index (χ0n) is 16.7. The van der Waals surface area contributed by atoms with Crippen LogP contribution in [-0.4, -0.2) is 27.4 Å². The summed E-state index contributed by atoms with van der Waals surface area (Å²) < 4.78 is 40.6. The molecule has 0 saturated carbocycles. The number of aryl methyl sites for hydroxylation is 1. The quantitative estimate of drug-likeness (QED) is 0.480. The summed E-state index contributed by atoms with van der Waals surface area (Å²) in [5.74, 6) is -0.938. The van der Waals surface area contributed by atoms with E-state index in [9.17, 15) is 17.6 Å². The molecular weight excluding hydrogens is 439 g/mol. The molecule has 0 aromatic heterocycles. The Bertz CT molecular complexity index is 1110. The first kappa shape index (κ1) is 22.8. The molecule has 0 radical (unpaired) electrons. The Labute approximate surface area is 186 Å². The first-order chi connectivity index (χ1) is 14.9. The molecule has 162 valence electrons. The van der Waals surface area contributed by atoms with Crippen molar-refractivity contribution in [2.45, 2.75) is 17.7 Å². The third-order valence-electron chi connectivity index (χ3n) is 4.61. The van der Waals surface area contributed by atoms with E-state index in [4.69, 9.17) is 11.6 Å². The zero-order chi connectivity index (χ0) is 22.3. The molecule has 0 aliphatic carbocycles. The van der Waals surface area contributed by atoms with Crippen molar-refractivity contribution in [2.24, 2.45) is 0 Å². The maximum Gasteiger partial charge on any atom is 0.264 e. The molecule has 0 aliphatic rings. The van der Waals surface area contributed by atoms with Crippen LogP contribution in [0, 0.1) is 5.82 Å². The first-order valence-electron chi connectivity index (χ1n) is 9.71. The van der Waals surface area contributed by atoms with Crippen molar-refractivity contribution in [3.8, 4) is 0 Å². The van der Waals surface area contributed by atoms with E-state index in [1.165, 1.54) is 24.3 Å². The van der Waals surface area contributed by atoms with Gasteiger partial charge in [0.05, 0.1) is 10.6 Å². The molecule has 0 spiro atoms. The lowest BCUT2D eigenvalue weighted by molar-refractivity contribution is -0.119. The van der Waals surface area contributed by atoms with E-state index in [-0.39, 0.29) is 10.6 Å². The van der Waals surface area contributed by atoms with Crippen LogP contribution in [0.3, 0.4) is 0 Å². The molecule has 3 rings (SSSR count). The normalized spacial score (nSPS) is 11.2. The second kappa shape index (κ2) is 10.4. The molecule has 0 fully saturated rings. The number of carbonyl (C=O) groups excluding carboxylic acids is 1. The van der Waals surface area contributed by atoms with Crippen LogP contribution in [-0.2, 0) is 21.2 Å². The average molecular weight is 461 g/mol. The molecule has 31 heavy (non-hydrogen) atoms. The molecule has 3 aromatic carbocycles. The molecule has 0 saturated heterocycles. The van der Waals surface area contributed by atoms with Crippen LogP contribution < -0.4 is 9.62 Å². The van der Waals surface area contributed by atoms with Crippen molar-refractivity contribution in [1.82, 2.24) is 5.32 Å². The highest BCUT2D eigenvalue weighted by Crippen LogP contribution is 2.23. The van der Waals surface area contributed by atoms with Crippen LogP contribution in [0.15, 0.2) is 83.8 Å². The Morgan fingerprint density at radius 1 is 0.935 bits per heavy atom. The zero-order valence-corrected chi connectivity index (χ0v) is 18.2. The van der Waals surface area contributed by atoms with Gasteiger partial charge in [-0.15, -0.1) is 0 Å². The van der Waals surface area contributed by atoms with E-state index >= 15 is 0 Å². The lowest BCUT2D eigenvalue weighted by Gasteiger charge is -2.24. The fourth-order valence-electron chi connectivity index (χ4n) is 3.00. The van der Waals surface area contributed by atoms with Gasteiger partial charge in [0, 0.05) is 11.6 Å². The Morgan fingerprint density at radius 2 is 1.58 bits per heavy atom. The van der Waals surface area contributed by atoms with Crippen molar-refractivity contribution in [3.63, 3.8) is 0 Å². The molecule has 8 heteroatoms. The number of halogens is 2. The number of nitrogens with zero attached hydrogens (tertiary/aromatic N) is 1. The molecule has 0 heterocycles. The van der Waals surface area contributed by atoms with Crippen molar-refractivity contribution < 1.29 is 17.6 Å². The third kappa shape index (κ3) is 6.29. The second-order valence-corrected chi connectivity index (χ2v) is 9.18.